The molecule has 0 atom stereocenters. The van der Waals surface area contributed by atoms with Crippen LogP contribution in [0.2, 0.25) is 0 Å². The second kappa shape index (κ2) is 5.69. The number of carbonyl (C=O) groups is 1. The molecule has 2 N–H and O–H groups in total. The number of nitrogens with zero attached hydrogens (tertiary/aromatic N) is 2. The summed E-state index contributed by atoms with van der Waals surface area (Å²) in [4.78, 5) is 11.6. The second-order valence-electron chi connectivity index (χ2n) is 4.91. The van der Waals surface area contributed by atoms with Crippen LogP contribution in [0.1, 0.15) is 18.4 Å². The number of carbonyl (C=O) groups excluding carboxylic acids is 1. The number of anilines is 2. The van der Waals surface area contributed by atoms with Crippen LogP contribution >= 0.6 is 0 Å². The molecular formula is C15H16N4O. The molecule has 1 saturated carbocycles. The van der Waals surface area contributed by atoms with Crippen molar-refractivity contribution in [2.24, 2.45) is 5.92 Å². The molecule has 0 radical (unpaired) electrons. The van der Waals surface area contributed by atoms with Gasteiger partial charge in [-0.25, -0.2) is 0 Å². The third-order valence-corrected chi connectivity index (χ3v) is 3.18. The molecule has 1 aliphatic carbocycles. The number of aromatic nitrogens is 2. The highest BCUT2D eigenvalue weighted by Gasteiger charge is 2.29. The summed E-state index contributed by atoms with van der Waals surface area (Å²) >= 11 is 0. The Morgan fingerprint density at radius 3 is 2.40 bits per heavy atom. The first-order valence-electron chi connectivity index (χ1n) is 6.73. The first-order valence-corrected chi connectivity index (χ1v) is 6.73. The predicted octanol–water partition coefficient (Wildman–Crippen LogP) is 2.44. The number of hydrogen-bond acceptors (Lipinski definition) is 4. The molecule has 5 heteroatoms. The minimum Gasteiger partial charge on any atom is -0.365 e. The standard InChI is InChI=1S/C15H16N4O/c20-15(12-6-7-12)17-14-9-8-13(18-19-14)16-10-11-4-2-1-3-5-11/h1-5,8-9,12H,6-7,10H2,(H,16,18)(H,17,19,20). The van der Waals surface area contributed by atoms with E-state index in [1.807, 2.05) is 36.4 Å². The molecular weight excluding hydrogens is 252 g/mol. The van der Waals surface area contributed by atoms with E-state index in [0.717, 1.165) is 12.8 Å². The van der Waals surface area contributed by atoms with E-state index < -0.39 is 0 Å². The largest absolute Gasteiger partial charge is 0.365 e. The SMILES string of the molecule is O=C(Nc1ccc(NCc2ccccc2)nn1)C1CC1. The van der Waals surface area contributed by atoms with Crippen LogP contribution < -0.4 is 10.6 Å². The summed E-state index contributed by atoms with van der Waals surface area (Å²) in [6, 6.07) is 13.7. The maximum absolute atomic E-state index is 11.6. The van der Waals surface area contributed by atoms with Crippen molar-refractivity contribution >= 4 is 17.5 Å². The van der Waals surface area contributed by atoms with Crippen LogP contribution in [0.3, 0.4) is 0 Å². The Hall–Kier alpha value is -2.43. The summed E-state index contributed by atoms with van der Waals surface area (Å²) in [5.74, 6) is 1.42. The van der Waals surface area contributed by atoms with Crippen molar-refractivity contribution in [2.45, 2.75) is 19.4 Å². The van der Waals surface area contributed by atoms with Gasteiger partial charge in [-0.2, -0.15) is 0 Å². The number of rotatable bonds is 5. The third-order valence-electron chi connectivity index (χ3n) is 3.18. The van der Waals surface area contributed by atoms with E-state index in [1.54, 1.807) is 6.07 Å². The molecule has 1 aliphatic rings. The van der Waals surface area contributed by atoms with Gasteiger partial charge in [0.2, 0.25) is 5.91 Å². The Balaban J connectivity index is 1.54. The van der Waals surface area contributed by atoms with Crippen molar-refractivity contribution in [2.75, 3.05) is 10.6 Å². The fourth-order valence-electron chi connectivity index (χ4n) is 1.86. The molecule has 3 rings (SSSR count). The van der Waals surface area contributed by atoms with Crippen molar-refractivity contribution in [3.05, 3.63) is 48.0 Å². The van der Waals surface area contributed by atoms with Crippen molar-refractivity contribution in [3.8, 4) is 0 Å². The van der Waals surface area contributed by atoms with Gasteiger partial charge in [0.1, 0.15) is 5.82 Å². The quantitative estimate of drug-likeness (QED) is 0.874. The molecule has 102 valence electrons. The maximum atomic E-state index is 11.6. The smallest absolute Gasteiger partial charge is 0.228 e. The number of benzene rings is 1. The lowest BCUT2D eigenvalue weighted by molar-refractivity contribution is -0.117. The van der Waals surface area contributed by atoms with E-state index in [1.165, 1.54) is 5.56 Å². The Labute approximate surface area is 117 Å². The summed E-state index contributed by atoms with van der Waals surface area (Å²) in [5.41, 5.74) is 1.18. The molecule has 1 aromatic heterocycles. The molecule has 2 aromatic rings. The normalized spacial score (nSPS) is 13.8. The molecule has 1 fully saturated rings. The zero-order valence-electron chi connectivity index (χ0n) is 11.0. The third kappa shape index (κ3) is 3.32. The first-order chi connectivity index (χ1) is 9.81. The highest BCUT2D eigenvalue weighted by molar-refractivity contribution is 5.93. The topological polar surface area (TPSA) is 66.9 Å². The summed E-state index contributed by atoms with van der Waals surface area (Å²) in [5, 5.41) is 14.0. The number of hydrogen-bond donors (Lipinski definition) is 2. The van der Waals surface area contributed by atoms with Crippen molar-refractivity contribution < 1.29 is 4.79 Å². The van der Waals surface area contributed by atoms with Gasteiger partial charge in [-0.15, -0.1) is 10.2 Å². The molecule has 0 saturated heterocycles. The lowest BCUT2D eigenvalue weighted by Gasteiger charge is -2.06. The van der Waals surface area contributed by atoms with E-state index in [4.69, 9.17) is 0 Å². The molecule has 0 unspecified atom stereocenters. The van der Waals surface area contributed by atoms with Crippen LogP contribution in [0.15, 0.2) is 42.5 Å². The van der Waals surface area contributed by atoms with E-state index in [2.05, 4.69) is 20.8 Å². The van der Waals surface area contributed by atoms with Crippen LogP contribution in [-0.2, 0) is 11.3 Å². The summed E-state index contributed by atoms with van der Waals surface area (Å²) in [7, 11) is 0. The van der Waals surface area contributed by atoms with E-state index in [0.29, 0.717) is 18.2 Å². The van der Waals surface area contributed by atoms with Gasteiger partial charge in [0.25, 0.3) is 0 Å². The van der Waals surface area contributed by atoms with Crippen molar-refractivity contribution in [1.82, 2.24) is 10.2 Å². The van der Waals surface area contributed by atoms with E-state index in [9.17, 15) is 4.79 Å². The van der Waals surface area contributed by atoms with Gasteiger partial charge in [0.05, 0.1) is 0 Å². The Morgan fingerprint density at radius 2 is 1.75 bits per heavy atom. The number of amides is 1. The molecule has 5 nitrogen and oxygen atoms in total. The van der Waals surface area contributed by atoms with E-state index >= 15 is 0 Å². The maximum Gasteiger partial charge on any atom is 0.228 e. The van der Waals surface area contributed by atoms with Gasteiger partial charge in [0, 0.05) is 12.5 Å². The van der Waals surface area contributed by atoms with Crippen LogP contribution in [0.5, 0.6) is 0 Å². The average Bonchev–Trinajstić information content (AvgIpc) is 3.32. The fraction of sp³-hybridized carbons (Fsp3) is 0.267. The van der Waals surface area contributed by atoms with E-state index in [-0.39, 0.29) is 11.8 Å². The van der Waals surface area contributed by atoms with Crippen LogP contribution in [0, 0.1) is 5.92 Å². The van der Waals surface area contributed by atoms with Crippen LogP contribution in [0.25, 0.3) is 0 Å². The lowest BCUT2D eigenvalue weighted by atomic mass is 10.2. The molecule has 0 bridgehead atoms. The monoisotopic (exact) mass is 268 g/mol. The Kier molecular flexibility index (Phi) is 3.58. The molecule has 1 amide bonds. The predicted molar refractivity (Wildman–Crippen MR) is 77.2 cm³/mol. The second-order valence-corrected chi connectivity index (χ2v) is 4.91. The van der Waals surface area contributed by atoms with Gasteiger partial charge in [-0.05, 0) is 30.5 Å². The minimum atomic E-state index is 0.0456. The van der Waals surface area contributed by atoms with Gasteiger partial charge in [-0.1, -0.05) is 30.3 Å². The highest BCUT2D eigenvalue weighted by Crippen LogP contribution is 2.29. The molecule has 1 aromatic carbocycles. The molecule has 0 spiro atoms. The van der Waals surface area contributed by atoms with Gasteiger partial charge in [-0.3, -0.25) is 4.79 Å². The number of nitrogens with one attached hydrogen (secondary N) is 2. The average molecular weight is 268 g/mol. The first kappa shape index (κ1) is 12.6. The van der Waals surface area contributed by atoms with Gasteiger partial charge < -0.3 is 10.6 Å². The van der Waals surface area contributed by atoms with Gasteiger partial charge in [0.15, 0.2) is 5.82 Å². The van der Waals surface area contributed by atoms with Crippen molar-refractivity contribution in [3.63, 3.8) is 0 Å². The lowest BCUT2D eigenvalue weighted by Crippen LogP contribution is -2.15. The van der Waals surface area contributed by atoms with Crippen molar-refractivity contribution in [1.29, 1.82) is 0 Å². The summed E-state index contributed by atoms with van der Waals surface area (Å²) in [6.45, 7) is 0.698. The van der Waals surface area contributed by atoms with Gasteiger partial charge >= 0.3 is 0 Å². The highest BCUT2D eigenvalue weighted by atomic mass is 16.2. The summed E-state index contributed by atoms with van der Waals surface area (Å²) in [6.07, 6.45) is 1.96. The van der Waals surface area contributed by atoms with Crippen LogP contribution in [0.4, 0.5) is 11.6 Å². The molecule has 20 heavy (non-hydrogen) atoms. The summed E-state index contributed by atoms with van der Waals surface area (Å²) < 4.78 is 0. The minimum absolute atomic E-state index is 0.0456. The Bertz CT molecular complexity index is 579. The zero-order chi connectivity index (χ0) is 13.8. The fourth-order valence-corrected chi connectivity index (χ4v) is 1.86. The van der Waals surface area contributed by atoms with Crippen LogP contribution in [-0.4, -0.2) is 16.1 Å². The Morgan fingerprint density at radius 1 is 1.05 bits per heavy atom. The molecule has 0 aliphatic heterocycles. The zero-order valence-corrected chi connectivity index (χ0v) is 11.0. The molecule has 1 heterocycles.